The summed E-state index contributed by atoms with van der Waals surface area (Å²) in [5, 5.41) is 0. The Hall–Kier alpha value is -3.13. The molecule has 0 bridgehead atoms. The lowest BCUT2D eigenvalue weighted by Crippen LogP contribution is -2.23. The van der Waals surface area contributed by atoms with Crippen molar-refractivity contribution in [2.24, 2.45) is 4.99 Å². The Balaban J connectivity index is 1.85. The third-order valence-corrected chi connectivity index (χ3v) is 5.38. The molecule has 1 aliphatic heterocycles. The average Bonchev–Trinajstić information content (AvgIpc) is 3.25. The van der Waals surface area contributed by atoms with E-state index in [9.17, 15) is 9.59 Å². The van der Waals surface area contributed by atoms with Crippen LogP contribution in [0.5, 0.6) is 11.5 Å². The molecule has 0 N–H and O–H groups in total. The van der Waals surface area contributed by atoms with Crippen molar-refractivity contribution in [1.29, 1.82) is 0 Å². The van der Waals surface area contributed by atoms with E-state index in [1.54, 1.807) is 29.7 Å². The van der Waals surface area contributed by atoms with Crippen molar-refractivity contribution in [2.45, 2.75) is 20.4 Å². The van der Waals surface area contributed by atoms with Crippen LogP contribution in [0.15, 0.2) is 41.4 Å². The minimum absolute atomic E-state index is 0.0482. The van der Waals surface area contributed by atoms with Gasteiger partial charge in [-0.2, -0.15) is 4.99 Å². The van der Waals surface area contributed by atoms with E-state index in [1.807, 2.05) is 25.1 Å². The van der Waals surface area contributed by atoms with E-state index in [0.717, 1.165) is 15.8 Å². The highest BCUT2D eigenvalue weighted by molar-refractivity contribution is 7.16. The van der Waals surface area contributed by atoms with Gasteiger partial charge in [0.15, 0.2) is 16.3 Å². The van der Waals surface area contributed by atoms with E-state index < -0.39 is 5.97 Å². The smallest absolute Gasteiger partial charge is 0.326 e. The summed E-state index contributed by atoms with van der Waals surface area (Å²) in [5.41, 5.74) is 2.10. The third kappa shape index (κ3) is 3.38. The lowest BCUT2D eigenvalue weighted by atomic mass is 10.1. The summed E-state index contributed by atoms with van der Waals surface area (Å²) in [6.07, 6.45) is 0. The average molecular weight is 398 g/mol. The Bertz CT molecular complexity index is 1150. The quantitative estimate of drug-likeness (QED) is 0.631. The molecule has 1 aromatic heterocycles. The maximum absolute atomic E-state index is 12.7. The van der Waals surface area contributed by atoms with Crippen molar-refractivity contribution in [1.82, 2.24) is 4.57 Å². The predicted octanol–water partition coefficient (Wildman–Crippen LogP) is 3.04. The van der Waals surface area contributed by atoms with E-state index >= 15 is 0 Å². The van der Waals surface area contributed by atoms with E-state index in [2.05, 4.69) is 4.99 Å². The summed E-state index contributed by atoms with van der Waals surface area (Å²) >= 11 is 1.31. The van der Waals surface area contributed by atoms with E-state index in [4.69, 9.17) is 14.2 Å². The van der Waals surface area contributed by atoms with Gasteiger partial charge in [-0.1, -0.05) is 29.5 Å². The van der Waals surface area contributed by atoms with Crippen LogP contribution in [0.4, 0.5) is 0 Å². The molecular weight excluding hydrogens is 380 g/mol. The Morgan fingerprint density at radius 3 is 2.71 bits per heavy atom. The molecule has 28 heavy (non-hydrogen) atoms. The number of aryl methyl sites for hydroxylation is 1. The summed E-state index contributed by atoms with van der Waals surface area (Å²) in [6, 6.07) is 10.9. The third-order valence-electron chi connectivity index (χ3n) is 4.34. The monoisotopic (exact) mass is 398 g/mol. The van der Waals surface area contributed by atoms with Crippen LogP contribution in [-0.2, 0) is 16.1 Å². The SMILES string of the molecule is CCOC(=O)Cn1c(=NC(=O)c2ccccc2C)sc2cc3c(cc21)OCO3. The minimum Gasteiger partial charge on any atom is -0.465 e. The van der Waals surface area contributed by atoms with Crippen LogP contribution in [0.3, 0.4) is 0 Å². The van der Waals surface area contributed by atoms with Gasteiger partial charge in [-0.3, -0.25) is 9.59 Å². The summed E-state index contributed by atoms with van der Waals surface area (Å²) < 4.78 is 18.5. The van der Waals surface area contributed by atoms with Crippen molar-refractivity contribution in [3.63, 3.8) is 0 Å². The van der Waals surface area contributed by atoms with Gasteiger partial charge >= 0.3 is 5.97 Å². The van der Waals surface area contributed by atoms with Crippen LogP contribution in [-0.4, -0.2) is 29.8 Å². The predicted molar refractivity (Wildman–Crippen MR) is 104 cm³/mol. The van der Waals surface area contributed by atoms with Crippen LogP contribution in [0.2, 0.25) is 0 Å². The van der Waals surface area contributed by atoms with Crippen molar-refractivity contribution in [3.05, 3.63) is 52.3 Å². The van der Waals surface area contributed by atoms with Crippen molar-refractivity contribution < 1.29 is 23.8 Å². The number of benzene rings is 2. The fourth-order valence-corrected chi connectivity index (χ4v) is 4.03. The lowest BCUT2D eigenvalue weighted by Gasteiger charge is -2.06. The maximum Gasteiger partial charge on any atom is 0.326 e. The maximum atomic E-state index is 12.7. The summed E-state index contributed by atoms with van der Waals surface area (Å²) in [4.78, 5) is 29.6. The number of rotatable bonds is 4. The second-order valence-electron chi connectivity index (χ2n) is 6.18. The number of ether oxygens (including phenoxy) is 3. The van der Waals surface area contributed by atoms with Gasteiger partial charge in [-0.15, -0.1) is 0 Å². The van der Waals surface area contributed by atoms with E-state index in [-0.39, 0.29) is 25.9 Å². The number of carbonyl (C=O) groups is 2. The number of carbonyl (C=O) groups excluding carboxylic acids is 2. The van der Waals surface area contributed by atoms with Gasteiger partial charge in [0, 0.05) is 17.7 Å². The van der Waals surface area contributed by atoms with Gasteiger partial charge in [-0.25, -0.2) is 0 Å². The Labute approximate surface area is 164 Å². The number of hydrogen-bond donors (Lipinski definition) is 0. The Morgan fingerprint density at radius 1 is 1.21 bits per heavy atom. The number of thiazole rings is 1. The van der Waals surface area contributed by atoms with Gasteiger partial charge in [0.2, 0.25) is 6.79 Å². The van der Waals surface area contributed by atoms with E-state index in [0.29, 0.717) is 21.9 Å². The van der Waals surface area contributed by atoms with Gasteiger partial charge in [-0.05, 0) is 25.5 Å². The van der Waals surface area contributed by atoms with Crippen molar-refractivity contribution >= 4 is 33.4 Å². The second kappa shape index (κ2) is 7.47. The zero-order valence-corrected chi connectivity index (χ0v) is 16.2. The molecule has 0 spiro atoms. The largest absolute Gasteiger partial charge is 0.465 e. The Morgan fingerprint density at radius 2 is 1.96 bits per heavy atom. The van der Waals surface area contributed by atoms with Crippen molar-refractivity contribution in [2.75, 3.05) is 13.4 Å². The number of fused-ring (bicyclic) bond motifs is 2. The molecule has 3 aromatic rings. The van der Waals surface area contributed by atoms with Gasteiger partial charge in [0.05, 0.1) is 16.8 Å². The highest BCUT2D eigenvalue weighted by atomic mass is 32.1. The summed E-state index contributed by atoms with van der Waals surface area (Å²) in [5.74, 6) is 0.473. The van der Waals surface area contributed by atoms with Crippen LogP contribution in [0.1, 0.15) is 22.8 Å². The normalized spacial score (nSPS) is 13.1. The first-order valence-corrected chi connectivity index (χ1v) is 9.61. The first-order valence-electron chi connectivity index (χ1n) is 8.80. The lowest BCUT2D eigenvalue weighted by molar-refractivity contribution is -0.143. The second-order valence-corrected chi connectivity index (χ2v) is 7.19. The molecule has 0 aliphatic carbocycles. The number of aromatic nitrogens is 1. The zero-order chi connectivity index (χ0) is 19.7. The fourth-order valence-electron chi connectivity index (χ4n) is 2.99. The summed E-state index contributed by atoms with van der Waals surface area (Å²) in [6.45, 7) is 4.00. The molecule has 4 rings (SSSR count). The molecule has 0 saturated carbocycles. The van der Waals surface area contributed by atoms with Crippen LogP contribution < -0.4 is 14.3 Å². The standard InChI is InChI=1S/C20H18N2O5S/c1-3-25-18(23)10-22-14-8-15-16(27-11-26-15)9-17(14)28-20(22)21-19(24)13-7-5-4-6-12(13)2/h4-9H,3,10-11H2,1-2H3. The van der Waals surface area contributed by atoms with Gasteiger partial charge < -0.3 is 18.8 Å². The molecule has 7 nitrogen and oxygen atoms in total. The number of nitrogens with zero attached hydrogens (tertiary/aromatic N) is 2. The van der Waals surface area contributed by atoms with E-state index in [1.165, 1.54) is 11.3 Å². The van der Waals surface area contributed by atoms with Crippen LogP contribution in [0, 0.1) is 6.92 Å². The Kier molecular flexibility index (Phi) is 4.87. The van der Waals surface area contributed by atoms with Gasteiger partial charge in [0.25, 0.3) is 5.91 Å². The highest BCUT2D eigenvalue weighted by Gasteiger charge is 2.19. The molecule has 8 heteroatoms. The fraction of sp³-hybridized carbons (Fsp3) is 0.250. The zero-order valence-electron chi connectivity index (χ0n) is 15.4. The molecule has 2 heterocycles. The van der Waals surface area contributed by atoms with Crippen LogP contribution >= 0.6 is 11.3 Å². The molecule has 1 amide bonds. The molecule has 1 aliphatic rings. The molecule has 0 atom stereocenters. The first-order chi connectivity index (χ1) is 13.6. The summed E-state index contributed by atoms with van der Waals surface area (Å²) in [7, 11) is 0. The van der Waals surface area contributed by atoms with Crippen molar-refractivity contribution in [3.8, 4) is 11.5 Å². The molecule has 0 saturated heterocycles. The molecule has 0 unspecified atom stereocenters. The number of esters is 1. The number of amides is 1. The highest BCUT2D eigenvalue weighted by Crippen LogP contribution is 2.37. The molecular formula is C20H18N2O5S. The molecule has 0 fully saturated rings. The molecule has 0 radical (unpaired) electrons. The molecule has 2 aromatic carbocycles. The minimum atomic E-state index is -0.398. The van der Waals surface area contributed by atoms with Crippen LogP contribution in [0.25, 0.3) is 10.2 Å². The first kappa shape index (κ1) is 18.2. The molecule has 144 valence electrons. The number of hydrogen-bond acceptors (Lipinski definition) is 6. The van der Waals surface area contributed by atoms with Gasteiger partial charge in [0.1, 0.15) is 6.54 Å². The topological polar surface area (TPSA) is 79.1 Å².